The van der Waals surface area contributed by atoms with Gasteiger partial charge in [-0.3, -0.25) is 9.78 Å². The van der Waals surface area contributed by atoms with E-state index >= 15 is 0 Å². The van der Waals surface area contributed by atoms with E-state index in [0.717, 1.165) is 5.56 Å². The molecule has 0 aliphatic heterocycles. The molecule has 138 valence electrons. The summed E-state index contributed by atoms with van der Waals surface area (Å²) in [6.45, 7) is 2.43. The molecule has 0 atom stereocenters. The van der Waals surface area contributed by atoms with Crippen LogP contribution in [0, 0.1) is 0 Å². The Kier molecular flexibility index (Phi) is 5.66. The molecule has 2 heterocycles. The van der Waals surface area contributed by atoms with Crippen molar-refractivity contribution in [1.29, 1.82) is 0 Å². The predicted octanol–water partition coefficient (Wildman–Crippen LogP) is 3.53. The molecule has 27 heavy (non-hydrogen) atoms. The SMILES string of the molecule is CCOC(=O)c1c[nH]cc1-c1ncccc1CN(C)C(=O)c1ccccc1. The van der Waals surface area contributed by atoms with E-state index in [4.69, 9.17) is 4.74 Å². The Hall–Kier alpha value is -3.41. The molecule has 0 radical (unpaired) electrons. The molecule has 0 aliphatic rings. The molecule has 6 nitrogen and oxygen atoms in total. The van der Waals surface area contributed by atoms with E-state index in [2.05, 4.69) is 9.97 Å². The van der Waals surface area contributed by atoms with E-state index in [1.807, 2.05) is 30.3 Å². The lowest BCUT2D eigenvalue weighted by molar-refractivity contribution is 0.0527. The largest absolute Gasteiger partial charge is 0.462 e. The number of nitrogens with zero attached hydrogens (tertiary/aromatic N) is 2. The number of esters is 1. The first-order valence-electron chi connectivity index (χ1n) is 8.70. The summed E-state index contributed by atoms with van der Waals surface area (Å²) in [6, 6.07) is 12.8. The number of amides is 1. The molecule has 1 aromatic carbocycles. The van der Waals surface area contributed by atoms with Gasteiger partial charge in [-0.15, -0.1) is 0 Å². The van der Waals surface area contributed by atoms with Crippen LogP contribution in [0.25, 0.3) is 11.3 Å². The van der Waals surface area contributed by atoms with Crippen molar-refractivity contribution in [3.8, 4) is 11.3 Å². The van der Waals surface area contributed by atoms with Gasteiger partial charge in [0.05, 0.1) is 17.9 Å². The predicted molar refractivity (Wildman–Crippen MR) is 102 cm³/mol. The summed E-state index contributed by atoms with van der Waals surface area (Å²) in [6.07, 6.45) is 4.99. The van der Waals surface area contributed by atoms with Crippen LogP contribution in [0.3, 0.4) is 0 Å². The number of H-pyrrole nitrogens is 1. The smallest absolute Gasteiger partial charge is 0.340 e. The molecule has 0 bridgehead atoms. The number of hydrogen-bond donors (Lipinski definition) is 1. The quantitative estimate of drug-likeness (QED) is 0.680. The Morgan fingerprint density at radius 1 is 1.11 bits per heavy atom. The number of rotatable bonds is 6. The van der Waals surface area contributed by atoms with Gasteiger partial charge in [0.15, 0.2) is 0 Å². The minimum absolute atomic E-state index is 0.0786. The summed E-state index contributed by atoms with van der Waals surface area (Å²) >= 11 is 0. The summed E-state index contributed by atoms with van der Waals surface area (Å²) in [7, 11) is 1.75. The number of benzene rings is 1. The molecule has 3 aromatic rings. The third kappa shape index (κ3) is 4.06. The first kappa shape index (κ1) is 18.4. The highest BCUT2D eigenvalue weighted by atomic mass is 16.5. The number of carbonyl (C=O) groups excluding carboxylic acids is 2. The minimum atomic E-state index is -0.404. The minimum Gasteiger partial charge on any atom is -0.462 e. The maximum Gasteiger partial charge on any atom is 0.340 e. The van der Waals surface area contributed by atoms with Gasteiger partial charge in [-0.1, -0.05) is 24.3 Å². The highest BCUT2D eigenvalue weighted by Gasteiger charge is 2.20. The molecule has 0 saturated heterocycles. The molecule has 1 amide bonds. The number of pyridine rings is 1. The number of ether oxygens (including phenoxy) is 1. The average Bonchev–Trinajstić information content (AvgIpc) is 3.18. The fraction of sp³-hybridized carbons (Fsp3) is 0.190. The summed E-state index contributed by atoms with van der Waals surface area (Å²) in [5.41, 5.74) is 3.20. The number of nitrogens with one attached hydrogen (secondary N) is 1. The topological polar surface area (TPSA) is 75.3 Å². The van der Waals surface area contributed by atoms with E-state index in [-0.39, 0.29) is 5.91 Å². The van der Waals surface area contributed by atoms with E-state index < -0.39 is 5.97 Å². The van der Waals surface area contributed by atoms with Crippen LogP contribution in [0.1, 0.15) is 33.2 Å². The van der Waals surface area contributed by atoms with Crippen molar-refractivity contribution in [1.82, 2.24) is 14.9 Å². The molecule has 0 aliphatic carbocycles. The fourth-order valence-corrected chi connectivity index (χ4v) is 2.87. The van der Waals surface area contributed by atoms with Gasteiger partial charge in [0, 0.05) is 43.3 Å². The average molecular weight is 363 g/mol. The molecule has 2 aromatic heterocycles. The van der Waals surface area contributed by atoms with Gasteiger partial charge in [-0.05, 0) is 30.7 Å². The third-order valence-electron chi connectivity index (χ3n) is 4.16. The summed E-state index contributed by atoms with van der Waals surface area (Å²) in [4.78, 5) is 33.8. The summed E-state index contributed by atoms with van der Waals surface area (Å²) in [5.74, 6) is -0.482. The lowest BCUT2D eigenvalue weighted by atomic mass is 10.0. The normalized spacial score (nSPS) is 10.4. The van der Waals surface area contributed by atoms with Crippen molar-refractivity contribution in [2.45, 2.75) is 13.5 Å². The molecule has 0 unspecified atom stereocenters. The van der Waals surface area contributed by atoms with Crippen LogP contribution in [0.15, 0.2) is 61.1 Å². The standard InChI is InChI=1S/C21H21N3O3/c1-3-27-21(26)18-13-22-12-17(18)19-16(10-7-11-23-19)14-24(2)20(25)15-8-5-4-6-9-15/h4-13,22H,3,14H2,1-2H3. The number of aromatic amines is 1. The lowest BCUT2D eigenvalue weighted by Crippen LogP contribution is -2.26. The van der Waals surface area contributed by atoms with Crippen molar-refractivity contribution in [3.05, 3.63) is 77.7 Å². The van der Waals surface area contributed by atoms with Gasteiger partial charge in [-0.25, -0.2) is 4.79 Å². The molecule has 3 rings (SSSR count). The highest BCUT2D eigenvalue weighted by Crippen LogP contribution is 2.26. The molecule has 0 spiro atoms. The molecular weight excluding hydrogens is 342 g/mol. The van der Waals surface area contributed by atoms with E-state index in [9.17, 15) is 9.59 Å². The van der Waals surface area contributed by atoms with Crippen LogP contribution < -0.4 is 0 Å². The Labute approximate surface area is 157 Å². The Morgan fingerprint density at radius 2 is 1.89 bits per heavy atom. The van der Waals surface area contributed by atoms with Crippen molar-refractivity contribution < 1.29 is 14.3 Å². The van der Waals surface area contributed by atoms with E-state index in [1.54, 1.807) is 49.6 Å². The second-order valence-electron chi connectivity index (χ2n) is 6.04. The van der Waals surface area contributed by atoms with Crippen molar-refractivity contribution in [2.24, 2.45) is 0 Å². The van der Waals surface area contributed by atoms with Crippen LogP contribution in [0.2, 0.25) is 0 Å². The Bertz CT molecular complexity index is 935. The van der Waals surface area contributed by atoms with Gasteiger partial charge in [0.2, 0.25) is 0 Å². The van der Waals surface area contributed by atoms with Crippen molar-refractivity contribution in [3.63, 3.8) is 0 Å². The Morgan fingerprint density at radius 3 is 2.63 bits per heavy atom. The second kappa shape index (κ2) is 8.31. The van der Waals surface area contributed by atoms with Gasteiger partial charge in [0.25, 0.3) is 5.91 Å². The zero-order chi connectivity index (χ0) is 19.2. The van der Waals surface area contributed by atoms with Crippen LogP contribution >= 0.6 is 0 Å². The second-order valence-corrected chi connectivity index (χ2v) is 6.04. The van der Waals surface area contributed by atoms with Crippen LogP contribution in [0.5, 0.6) is 0 Å². The van der Waals surface area contributed by atoms with E-state index in [1.165, 1.54) is 0 Å². The van der Waals surface area contributed by atoms with Gasteiger partial charge < -0.3 is 14.6 Å². The van der Waals surface area contributed by atoms with Crippen LogP contribution in [-0.2, 0) is 11.3 Å². The van der Waals surface area contributed by atoms with Gasteiger partial charge in [0.1, 0.15) is 0 Å². The van der Waals surface area contributed by atoms with Crippen molar-refractivity contribution in [2.75, 3.05) is 13.7 Å². The summed E-state index contributed by atoms with van der Waals surface area (Å²) in [5, 5.41) is 0. The number of hydrogen-bond acceptors (Lipinski definition) is 4. The third-order valence-corrected chi connectivity index (χ3v) is 4.16. The maximum absolute atomic E-state index is 12.6. The zero-order valence-corrected chi connectivity index (χ0v) is 15.3. The van der Waals surface area contributed by atoms with E-state index in [0.29, 0.717) is 35.5 Å². The van der Waals surface area contributed by atoms with Crippen LogP contribution in [0.4, 0.5) is 0 Å². The fourth-order valence-electron chi connectivity index (χ4n) is 2.87. The lowest BCUT2D eigenvalue weighted by Gasteiger charge is -2.19. The summed E-state index contributed by atoms with van der Waals surface area (Å²) < 4.78 is 5.11. The first-order valence-corrected chi connectivity index (χ1v) is 8.70. The monoisotopic (exact) mass is 363 g/mol. The molecule has 0 saturated carbocycles. The Balaban J connectivity index is 1.88. The first-order chi connectivity index (χ1) is 13.1. The van der Waals surface area contributed by atoms with Gasteiger partial charge in [-0.2, -0.15) is 0 Å². The zero-order valence-electron chi connectivity index (χ0n) is 15.3. The number of aromatic nitrogens is 2. The van der Waals surface area contributed by atoms with Gasteiger partial charge >= 0.3 is 5.97 Å². The van der Waals surface area contributed by atoms with Crippen LogP contribution in [-0.4, -0.2) is 40.4 Å². The molecular formula is C21H21N3O3. The maximum atomic E-state index is 12.6. The molecule has 6 heteroatoms. The van der Waals surface area contributed by atoms with Crippen molar-refractivity contribution >= 4 is 11.9 Å². The number of carbonyl (C=O) groups is 2. The highest BCUT2D eigenvalue weighted by molar-refractivity contribution is 5.97. The molecule has 0 fully saturated rings. The molecule has 1 N–H and O–H groups in total.